The number of rotatable bonds is 8. The van der Waals surface area contributed by atoms with Gasteiger partial charge in [-0.1, -0.05) is 0 Å². The molecular weight excluding hydrogens is 372 g/mol. The monoisotopic (exact) mass is 406 g/mol. The lowest BCUT2D eigenvalue weighted by atomic mass is 10.2. The van der Waals surface area contributed by atoms with Gasteiger partial charge in [0.1, 0.15) is 12.1 Å². The summed E-state index contributed by atoms with van der Waals surface area (Å²) in [6.07, 6.45) is 3.81. The quantitative estimate of drug-likeness (QED) is 0.657. The largest absolute Gasteiger partial charge is 0.444 e. The molecule has 1 fully saturated rings. The van der Waals surface area contributed by atoms with Gasteiger partial charge in [0.2, 0.25) is 5.91 Å². The molecule has 0 unspecified atom stereocenters. The lowest BCUT2D eigenvalue weighted by Crippen LogP contribution is -2.44. The molecule has 2 heterocycles. The minimum atomic E-state index is -0.594. The van der Waals surface area contributed by atoms with Crippen molar-refractivity contribution < 1.29 is 19.1 Å². The van der Waals surface area contributed by atoms with Crippen molar-refractivity contribution in [1.82, 2.24) is 19.7 Å². The highest BCUT2D eigenvalue weighted by atomic mass is 16.6. The number of amides is 2. The number of carbonyl (C=O) groups excluding carboxylic acids is 2. The van der Waals surface area contributed by atoms with Crippen LogP contribution in [0.3, 0.4) is 0 Å². The summed E-state index contributed by atoms with van der Waals surface area (Å²) in [6.45, 7) is 10.8. The Morgan fingerprint density at radius 2 is 1.86 bits per heavy atom. The maximum Gasteiger partial charge on any atom is 0.410 e. The fraction of sp³-hybridized carbons (Fsp3) is 0.667. The molecule has 0 N–H and O–H groups in total. The van der Waals surface area contributed by atoms with E-state index in [4.69, 9.17) is 9.47 Å². The van der Waals surface area contributed by atoms with Gasteiger partial charge in [-0.3, -0.25) is 14.7 Å². The first-order valence-electron chi connectivity index (χ1n) is 10.2. The van der Waals surface area contributed by atoms with Gasteiger partial charge in [-0.15, -0.1) is 0 Å². The summed E-state index contributed by atoms with van der Waals surface area (Å²) in [5.74, 6) is -0.0999. The number of carbonyl (C=O) groups is 2. The van der Waals surface area contributed by atoms with Crippen molar-refractivity contribution in [2.75, 3.05) is 53.0 Å². The second kappa shape index (κ2) is 11.1. The maximum absolute atomic E-state index is 12.9. The highest BCUT2D eigenvalue weighted by molar-refractivity contribution is 5.82. The first-order valence-corrected chi connectivity index (χ1v) is 10.2. The van der Waals surface area contributed by atoms with Crippen molar-refractivity contribution in [3.8, 4) is 0 Å². The second-order valence-electron chi connectivity index (χ2n) is 8.31. The molecule has 1 aliphatic heterocycles. The van der Waals surface area contributed by atoms with Crippen molar-refractivity contribution in [1.29, 1.82) is 0 Å². The van der Waals surface area contributed by atoms with Crippen LogP contribution in [0.4, 0.5) is 4.79 Å². The molecule has 1 saturated heterocycles. The molecular formula is C21H34N4O4. The van der Waals surface area contributed by atoms with E-state index in [9.17, 15) is 9.59 Å². The van der Waals surface area contributed by atoms with Crippen LogP contribution < -0.4 is 0 Å². The van der Waals surface area contributed by atoms with Crippen molar-refractivity contribution >= 4 is 12.0 Å². The van der Waals surface area contributed by atoms with Gasteiger partial charge in [-0.25, -0.2) is 4.79 Å². The van der Waals surface area contributed by atoms with E-state index in [1.165, 1.54) is 4.90 Å². The van der Waals surface area contributed by atoms with E-state index in [1.54, 1.807) is 24.3 Å². The highest BCUT2D eigenvalue weighted by Gasteiger charge is 2.23. The summed E-state index contributed by atoms with van der Waals surface area (Å²) in [6, 6.07) is 3.81. The zero-order valence-corrected chi connectivity index (χ0v) is 18.1. The fourth-order valence-corrected chi connectivity index (χ4v) is 3.02. The van der Waals surface area contributed by atoms with Crippen molar-refractivity contribution in [3.63, 3.8) is 0 Å². The van der Waals surface area contributed by atoms with E-state index in [0.717, 1.165) is 44.8 Å². The predicted molar refractivity (Wildman–Crippen MR) is 110 cm³/mol. The van der Waals surface area contributed by atoms with Gasteiger partial charge >= 0.3 is 6.09 Å². The number of hydrogen-bond acceptors (Lipinski definition) is 6. The van der Waals surface area contributed by atoms with E-state index in [-0.39, 0.29) is 12.5 Å². The Labute approximate surface area is 173 Å². The molecule has 1 aliphatic rings. The Morgan fingerprint density at radius 1 is 1.21 bits per heavy atom. The summed E-state index contributed by atoms with van der Waals surface area (Å²) in [5, 5.41) is 0. The van der Waals surface area contributed by atoms with E-state index < -0.39 is 11.7 Å². The Balaban J connectivity index is 1.93. The number of ether oxygens (including phenoxy) is 2. The van der Waals surface area contributed by atoms with Crippen molar-refractivity contribution in [2.24, 2.45) is 0 Å². The van der Waals surface area contributed by atoms with Gasteiger partial charge in [-0.2, -0.15) is 0 Å². The van der Waals surface area contributed by atoms with Crippen LogP contribution in [-0.2, 0) is 20.8 Å². The van der Waals surface area contributed by atoms with E-state index in [2.05, 4.69) is 9.88 Å². The minimum Gasteiger partial charge on any atom is -0.444 e. The summed E-state index contributed by atoms with van der Waals surface area (Å²) in [4.78, 5) is 34.7. The lowest BCUT2D eigenvalue weighted by molar-refractivity contribution is -0.132. The third-order valence-corrected chi connectivity index (χ3v) is 4.56. The summed E-state index contributed by atoms with van der Waals surface area (Å²) in [5.41, 5.74) is 0.420. The SMILES string of the molecule is CN(CC(=O)N(CCCN1CCOCC1)Cc1ccncc1)C(=O)OC(C)(C)C. The number of likely N-dealkylation sites (N-methyl/N-ethyl adjacent to an activating group) is 1. The third kappa shape index (κ3) is 8.79. The molecule has 0 aromatic carbocycles. The van der Waals surface area contributed by atoms with Crippen LogP contribution in [0.1, 0.15) is 32.8 Å². The van der Waals surface area contributed by atoms with Crippen LogP contribution in [0.5, 0.6) is 0 Å². The van der Waals surface area contributed by atoms with Gasteiger partial charge in [0.15, 0.2) is 0 Å². The Bertz CT molecular complexity index is 642. The molecule has 2 rings (SSSR count). The van der Waals surface area contributed by atoms with Crippen LogP contribution in [0.25, 0.3) is 0 Å². The standard InChI is InChI=1S/C21H34N4O4/c1-21(2,3)29-20(27)23(4)17-19(26)25(16-18-6-8-22-9-7-18)11-5-10-24-12-14-28-15-13-24/h6-9H,5,10-17H2,1-4H3. The zero-order valence-electron chi connectivity index (χ0n) is 18.1. The average molecular weight is 407 g/mol. The molecule has 0 spiro atoms. The number of hydrogen-bond donors (Lipinski definition) is 0. The molecule has 29 heavy (non-hydrogen) atoms. The molecule has 0 aliphatic carbocycles. The predicted octanol–water partition coefficient (Wildman–Crippen LogP) is 2.00. The smallest absolute Gasteiger partial charge is 0.410 e. The third-order valence-electron chi connectivity index (χ3n) is 4.56. The molecule has 0 atom stereocenters. The van der Waals surface area contributed by atoms with Crippen molar-refractivity contribution in [2.45, 2.75) is 39.3 Å². The lowest BCUT2D eigenvalue weighted by Gasteiger charge is -2.30. The normalized spacial score (nSPS) is 15.0. The molecule has 0 saturated carbocycles. The first-order chi connectivity index (χ1) is 13.7. The topological polar surface area (TPSA) is 75.2 Å². The number of morpholine rings is 1. The molecule has 2 amide bonds. The van der Waals surface area contributed by atoms with Gasteiger partial charge in [0, 0.05) is 52.2 Å². The first kappa shape index (κ1) is 23.1. The number of aromatic nitrogens is 1. The van der Waals surface area contributed by atoms with E-state index in [1.807, 2.05) is 32.9 Å². The molecule has 8 nitrogen and oxygen atoms in total. The zero-order chi connectivity index (χ0) is 21.3. The molecule has 0 bridgehead atoms. The summed E-state index contributed by atoms with van der Waals surface area (Å²) < 4.78 is 10.7. The molecule has 1 aromatic rings. The van der Waals surface area contributed by atoms with Gasteiger partial charge in [0.05, 0.1) is 13.2 Å². The van der Waals surface area contributed by atoms with Crippen LogP contribution in [0, 0.1) is 0 Å². The summed E-state index contributed by atoms with van der Waals surface area (Å²) in [7, 11) is 1.59. The Morgan fingerprint density at radius 3 is 2.48 bits per heavy atom. The summed E-state index contributed by atoms with van der Waals surface area (Å²) >= 11 is 0. The fourth-order valence-electron chi connectivity index (χ4n) is 3.02. The van der Waals surface area contributed by atoms with Crippen LogP contribution in [0.15, 0.2) is 24.5 Å². The number of nitrogens with zero attached hydrogens (tertiary/aromatic N) is 4. The average Bonchev–Trinajstić information content (AvgIpc) is 2.67. The second-order valence-corrected chi connectivity index (χ2v) is 8.31. The molecule has 1 aromatic heterocycles. The van der Waals surface area contributed by atoms with E-state index in [0.29, 0.717) is 13.1 Å². The Hall–Kier alpha value is -2.19. The highest BCUT2D eigenvalue weighted by Crippen LogP contribution is 2.11. The van der Waals surface area contributed by atoms with Gasteiger partial charge < -0.3 is 19.3 Å². The Kier molecular flexibility index (Phi) is 8.85. The van der Waals surface area contributed by atoms with Gasteiger partial charge in [-0.05, 0) is 44.9 Å². The van der Waals surface area contributed by atoms with Gasteiger partial charge in [0.25, 0.3) is 0 Å². The van der Waals surface area contributed by atoms with Crippen LogP contribution >= 0.6 is 0 Å². The van der Waals surface area contributed by atoms with Crippen molar-refractivity contribution in [3.05, 3.63) is 30.1 Å². The maximum atomic E-state index is 12.9. The molecule has 0 radical (unpaired) electrons. The number of pyridine rings is 1. The minimum absolute atomic E-state index is 0.0163. The molecule has 162 valence electrons. The van der Waals surface area contributed by atoms with Crippen LogP contribution in [-0.4, -0.2) is 90.3 Å². The van der Waals surface area contributed by atoms with E-state index >= 15 is 0 Å². The van der Waals surface area contributed by atoms with Crippen LogP contribution in [0.2, 0.25) is 0 Å². The molecule has 8 heteroatoms.